The van der Waals surface area contributed by atoms with Crippen molar-refractivity contribution < 1.29 is 9.53 Å². The highest BCUT2D eigenvalue weighted by Crippen LogP contribution is 2.20. The van der Waals surface area contributed by atoms with Crippen LogP contribution in [0.4, 0.5) is 5.69 Å². The van der Waals surface area contributed by atoms with Gasteiger partial charge in [-0.15, -0.1) is 0 Å². The molecule has 1 aliphatic heterocycles. The highest BCUT2D eigenvalue weighted by atomic mass is 16.5. The van der Waals surface area contributed by atoms with Gasteiger partial charge in [0.2, 0.25) is 0 Å². The second-order valence-electron chi connectivity index (χ2n) is 6.57. The van der Waals surface area contributed by atoms with Gasteiger partial charge in [0.25, 0.3) is 5.91 Å². The van der Waals surface area contributed by atoms with Crippen LogP contribution in [0.25, 0.3) is 0 Å². The Kier molecular flexibility index (Phi) is 5.94. The Morgan fingerprint density at radius 1 is 1.12 bits per heavy atom. The summed E-state index contributed by atoms with van der Waals surface area (Å²) in [5.74, 6) is 0.642. The van der Waals surface area contributed by atoms with Gasteiger partial charge in [0.15, 0.2) is 6.61 Å². The molecule has 0 saturated carbocycles. The van der Waals surface area contributed by atoms with Gasteiger partial charge in [0.1, 0.15) is 5.75 Å². The van der Waals surface area contributed by atoms with Gasteiger partial charge in [0, 0.05) is 25.3 Å². The van der Waals surface area contributed by atoms with Crippen molar-refractivity contribution >= 4 is 11.6 Å². The SMILES string of the molecule is Cc1cccc(OCC(=O)NCCc2ccc(N3CCCC3)cc2)c1. The highest BCUT2D eigenvalue weighted by Gasteiger charge is 2.11. The minimum absolute atomic E-state index is 0.0529. The van der Waals surface area contributed by atoms with Crippen LogP contribution < -0.4 is 15.0 Å². The van der Waals surface area contributed by atoms with Crippen molar-refractivity contribution in [1.82, 2.24) is 5.32 Å². The van der Waals surface area contributed by atoms with E-state index in [-0.39, 0.29) is 12.5 Å². The van der Waals surface area contributed by atoms with E-state index in [0.29, 0.717) is 6.54 Å². The molecule has 3 rings (SSSR count). The zero-order chi connectivity index (χ0) is 17.5. The summed E-state index contributed by atoms with van der Waals surface area (Å²) in [4.78, 5) is 14.3. The maximum absolute atomic E-state index is 11.9. The Bertz CT molecular complexity index is 691. The van der Waals surface area contributed by atoms with E-state index >= 15 is 0 Å². The lowest BCUT2D eigenvalue weighted by molar-refractivity contribution is -0.123. The third-order valence-corrected chi connectivity index (χ3v) is 4.50. The molecule has 1 amide bonds. The molecule has 0 spiro atoms. The molecule has 0 aromatic heterocycles. The molecule has 25 heavy (non-hydrogen) atoms. The topological polar surface area (TPSA) is 41.6 Å². The lowest BCUT2D eigenvalue weighted by Gasteiger charge is -2.17. The van der Waals surface area contributed by atoms with Gasteiger partial charge in [-0.05, 0) is 61.6 Å². The van der Waals surface area contributed by atoms with E-state index in [4.69, 9.17) is 4.74 Å². The van der Waals surface area contributed by atoms with Crippen LogP contribution in [-0.4, -0.2) is 32.1 Å². The summed E-state index contributed by atoms with van der Waals surface area (Å²) in [6.45, 7) is 5.00. The number of hydrogen-bond acceptors (Lipinski definition) is 3. The van der Waals surface area contributed by atoms with E-state index in [2.05, 4.69) is 34.5 Å². The largest absolute Gasteiger partial charge is 0.484 e. The van der Waals surface area contributed by atoms with Gasteiger partial charge < -0.3 is 15.0 Å². The summed E-state index contributed by atoms with van der Waals surface area (Å²) in [7, 11) is 0. The van der Waals surface area contributed by atoms with E-state index in [1.54, 1.807) is 0 Å². The number of nitrogens with zero attached hydrogens (tertiary/aromatic N) is 1. The molecule has 132 valence electrons. The molecule has 0 unspecified atom stereocenters. The van der Waals surface area contributed by atoms with Crippen LogP contribution >= 0.6 is 0 Å². The Labute approximate surface area is 149 Å². The molecule has 1 aliphatic rings. The molecule has 0 atom stereocenters. The molecular formula is C21H26N2O2. The average Bonchev–Trinajstić information content (AvgIpc) is 3.15. The monoisotopic (exact) mass is 338 g/mol. The number of ether oxygens (including phenoxy) is 1. The summed E-state index contributed by atoms with van der Waals surface area (Å²) < 4.78 is 5.51. The Balaban J connectivity index is 1.37. The van der Waals surface area contributed by atoms with Gasteiger partial charge in [-0.3, -0.25) is 4.79 Å². The van der Waals surface area contributed by atoms with Crippen LogP contribution in [0.5, 0.6) is 5.75 Å². The van der Waals surface area contributed by atoms with Crippen LogP contribution in [0.1, 0.15) is 24.0 Å². The molecule has 2 aromatic rings. The van der Waals surface area contributed by atoms with Crippen LogP contribution in [-0.2, 0) is 11.2 Å². The first-order valence-corrected chi connectivity index (χ1v) is 9.01. The maximum Gasteiger partial charge on any atom is 0.257 e. The minimum Gasteiger partial charge on any atom is -0.484 e. The van der Waals surface area contributed by atoms with Crippen LogP contribution in [0, 0.1) is 6.92 Å². The third kappa shape index (κ3) is 5.24. The lowest BCUT2D eigenvalue weighted by Crippen LogP contribution is -2.30. The van der Waals surface area contributed by atoms with Crippen molar-refractivity contribution in [2.75, 3.05) is 31.1 Å². The number of hydrogen-bond donors (Lipinski definition) is 1. The molecule has 4 heteroatoms. The average molecular weight is 338 g/mol. The molecular weight excluding hydrogens is 312 g/mol. The molecule has 1 fully saturated rings. The minimum atomic E-state index is -0.0878. The van der Waals surface area contributed by atoms with Crippen molar-refractivity contribution in [3.05, 3.63) is 59.7 Å². The standard InChI is InChI=1S/C21H26N2O2/c1-17-5-4-6-20(15-17)25-16-21(24)22-12-11-18-7-9-19(10-8-18)23-13-2-3-14-23/h4-10,15H,2-3,11-14,16H2,1H3,(H,22,24). The predicted octanol–water partition coefficient (Wildman–Crippen LogP) is 3.33. The number of rotatable bonds is 7. The second kappa shape index (κ2) is 8.56. The summed E-state index contributed by atoms with van der Waals surface area (Å²) in [5, 5.41) is 2.91. The molecule has 1 heterocycles. The van der Waals surface area contributed by atoms with Crippen molar-refractivity contribution in [2.24, 2.45) is 0 Å². The number of anilines is 1. The van der Waals surface area contributed by atoms with E-state index < -0.39 is 0 Å². The molecule has 0 bridgehead atoms. The second-order valence-corrected chi connectivity index (χ2v) is 6.57. The zero-order valence-electron chi connectivity index (χ0n) is 14.8. The maximum atomic E-state index is 11.9. The quantitative estimate of drug-likeness (QED) is 0.842. The Hall–Kier alpha value is -2.49. The van der Waals surface area contributed by atoms with Crippen molar-refractivity contribution in [3.63, 3.8) is 0 Å². The molecule has 2 aromatic carbocycles. The fourth-order valence-corrected chi connectivity index (χ4v) is 3.10. The van der Waals surface area contributed by atoms with Crippen LogP contribution in [0.2, 0.25) is 0 Å². The number of benzene rings is 2. The number of amides is 1. The summed E-state index contributed by atoms with van der Waals surface area (Å²) in [6.07, 6.45) is 3.41. The first-order valence-electron chi connectivity index (χ1n) is 9.01. The number of carbonyl (C=O) groups excluding carboxylic acids is 1. The van der Waals surface area contributed by atoms with E-state index in [1.165, 1.54) is 24.1 Å². The lowest BCUT2D eigenvalue weighted by atomic mass is 10.1. The fourth-order valence-electron chi connectivity index (χ4n) is 3.10. The third-order valence-electron chi connectivity index (χ3n) is 4.50. The molecule has 1 saturated heterocycles. The van der Waals surface area contributed by atoms with E-state index in [0.717, 1.165) is 30.8 Å². The molecule has 0 aliphatic carbocycles. The normalized spacial score (nSPS) is 13.7. The Morgan fingerprint density at radius 3 is 2.60 bits per heavy atom. The number of carbonyl (C=O) groups is 1. The summed E-state index contributed by atoms with van der Waals surface area (Å²) >= 11 is 0. The van der Waals surface area contributed by atoms with Crippen LogP contribution in [0.15, 0.2) is 48.5 Å². The number of nitrogens with one attached hydrogen (secondary N) is 1. The van der Waals surface area contributed by atoms with E-state index in [1.807, 2.05) is 31.2 Å². The molecule has 0 radical (unpaired) electrons. The smallest absolute Gasteiger partial charge is 0.257 e. The first kappa shape index (κ1) is 17.3. The van der Waals surface area contributed by atoms with Crippen molar-refractivity contribution in [2.45, 2.75) is 26.2 Å². The fraction of sp³-hybridized carbons (Fsp3) is 0.381. The predicted molar refractivity (Wildman–Crippen MR) is 101 cm³/mol. The zero-order valence-corrected chi connectivity index (χ0v) is 14.8. The Morgan fingerprint density at radius 2 is 1.88 bits per heavy atom. The van der Waals surface area contributed by atoms with Crippen molar-refractivity contribution in [3.8, 4) is 5.75 Å². The number of aryl methyl sites for hydroxylation is 1. The van der Waals surface area contributed by atoms with Gasteiger partial charge >= 0.3 is 0 Å². The first-order chi connectivity index (χ1) is 12.2. The van der Waals surface area contributed by atoms with Gasteiger partial charge in [-0.25, -0.2) is 0 Å². The summed E-state index contributed by atoms with van der Waals surface area (Å²) in [6, 6.07) is 16.4. The van der Waals surface area contributed by atoms with Gasteiger partial charge in [-0.2, -0.15) is 0 Å². The van der Waals surface area contributed by atoms with Gasteiger partial charge in [-0.1, -0.05) is 24.3 Å². The van der Waals surface area contributed by atoms with Gasteiger partial charge in [0.05, 0.1) is 0 Å². The van der Waals surface area contributed by atoms with Crippen molar-refractivity contribution in [1.29, 1.82) is 0 Å². The summed E-state index contributed by atoms with van der Waals surface area (Å²) in [5.41, 5.74) is 3.66. The molecule has 1 N–H and O–H groups in total. The van der Waals surface area contributed by atoms with Crippen LogP contribution in [0.3, 0.4) is 0 Å². The van der Waals surface area contributed by atoms with E-state index in [9.17, 15) is 4.79 Å². The molecule has 4 nitrogen and oxygen atoms in total. The highest BCUT2D eigenvalue weighted by molar-refractivity contribution is 5.77.